The number of anilines is 1. The summed E-state index contributed by atoms with van der Waals surface area (Å²) < 4.78 is 3.97. The summed E-state index contributed by atoms with van der Waals surface area (Å²) in [6.45, 7) is 1.74. The lowest BCUT2D eigenvalue weighted by Gasteiger charge is -2.32. The number of hydrogen-bond acceptors (Lipinski definition) is 5. The van der Waals surface area contributed by atoms with Crippen LogP contribution >= 0.6 is 11.5 Å². The Morgan fingerprint density at radius 1 is 1.37 bits per heavy atom. The molecule has 104 valence electrons. The second-order valence-electron chi connectivity index (χ2n) is 5.02. The van der Waals surface area contributed by atoms with E-state index in [2.05, 4.69) is 14.7 Å². The van der Waals surface area contributed by atoms with Crippen LogP contribution in [0.4, 0.5) is 5.13 Å². The molecular weight excluding hydrogens is 266 g/mol. The number of hydrogen-bond donors (Lipinski definition) is 2. The van der Waals surface area contributed by atoms with Crippen LogP contribution in [0.1, 0.15) is 44.3 Å². The average molecular weight is 283 g/mol. The number of nitrogens with zero attached hydrogens (tertiary/aromatic N) is 2. The number of amides is 1. The Hall–Kier alpha value is -1.50. The second-order valence-corrected chi connectivity index (χ2v) is 5.77. The minimum atomic E-state index is -0.901. The van der Waals surface area contributed by atoms with Crippen molar-refractivity contribution in [1.29, 1.82) is 0 Å². The highest BCUT2D eigenvalue weighted by Gasteiger charge is 2.41. The predicted molar refractivity (Wildman–Crippen MR) is 71.0 cm³/mol. The van der Waals surface area contributed by atoms with Crippen LogP contribution in [0.15, 0.2) is 0 Å². The third-order valence-corrected chi connectivity index (χ3v) is 4.26. The normalized spacial score (nSPS) is 17.9. The summed E-state index contributed by atoms with van der Waals surface area (Å²) >= 11 is 1.11. The Labute approximate surface area is 115 Å². The number of aromatic nitrogens is 2. The van der Waals surface area contributed by atoms with E-state index in [1.165, 1.54) is 0 Å². The van der Waals surface area contributed by atoms with Crippen molar-refractivity contribution in [3.63, 3.8) is 0 Å². The lowest BCUT2D eigenvalue weighted by molar-refractivity contribution is -0.153. The van der Waals surface area contributed by atoms with Gasteiger partial charge in [-0.15, -0.1) is 0 Å². The van der Waals surface area contributed by atoms with Crippen molar-refractivity contribution in [2.45, 2.75) is 45.4 Å². The Morgan fingerprint density at radius 3 is 2.58 bits per heavy atom. The lowest BCUT2D eigenvalue weighted by atomic mass is 9.71. The number of aryl methyl sites for hydroxylation is 1. The van der Waals surface area contributed by atoms with Gasteiger partial charge in [-0.3, -0.25) is 9.59 Å². The lowest BCUT2D eigenvalue weighted by Crippen LogP contribution is -2.37. The van der Waals surface area contributed by atoms with Gasteiger partial charge in [0.05, 0.1) is 5.41 Å². The average Bonchev–Trinajstić information content (AvgIpc) is 2.75. The number of carboxylic acids is 1. The smallest absolute Gasteiger partial charge is 0.310 e. The molecule has 0 radical (unpaired) electrons. The molecule has 0 atom stereocenters. The van der Waals surface area contributed by atoms with Crippen molar-refractivity contribution in [1.82, 2.24) is 9.36 Å². The van der Waals surface area contributed by atoms with E-state index in [9.17, 15) is 14.7 Å². The Bertz CT molecular complexity index is 480. The number of nitrogens with one attached hydrogen (secondary N) is 1. The molecule has 0 spiro atoms. The van der Waals surface area contributed by atoms with Gasteiger partial charge >= 0.3 is 5.97 Å². The molecule has 0 aromatic carbocycles. The Kier molecular flexibility index (Phi) is 4.14. The first-order valence-electron chi connectivity index (χ1n) is 6.35. The molecule has 1 aromatic heterocycles. The molecule has 1 heterocycles. The monoisotopic (exact) mass is 283 g/mol. The Balaban J connectivity index is 2.01. The maximum absolute atomic E-state index is 12.0. The molecule has 1 fully saturated rings. The molecule has 1 amide bonds. The molecule has 0 bridgehead atoms. The van der Waals surface area contributed by atoms with Crippen LogP contribution in [0.2, 0.25) is 0 Å². The number of carbonyl (C=O) groups excluding carboxylic acids is 1. The van der Waals surface area contributed by atoms with Gasteiger partial charge in [0.15, 0.2) is 0 Å². The van der Waals surface area contributed by atoms with Crippen LogP contribution < -0.4 is 5.32 Å². The quantitative estimate of drug-likeness (QED) is 0.883. The van der Waals surface area contributed by atoms with Gasteiger partial charge in [-0.25, -0.2) is 4.98 Å². The van der Waals surface area contributed by atoms with Crippen LogP contribution in [0.5, 0.6) is 0 Å². The van der Waals surface area contributed by atoms with Crippen molar-refractivity contribution in [3.05, 3.63) is 5.82 Å². The van der Waals surface area contributed by atoms with Crippen molar-refractivity contribution in [2.24, 2.45) is 5.41 Å². The topological polar surface area (TPSA) is 92.2 Å². The summed E-state index contributed by atoms with van der Waals surface area (Å²) in [5.41, 5.74) is -0.901. The van der Waals surface area contributed by atoms with Crippen LogP contribution in [0, 0.1) is 12.3 Å². The number of aliphatic carboxylic acids is 1. The maximum Gasteiger partial charge on any atom is 0.310 e. The highest BCUT2D eigenvalue weighted by molar-refractivity contribution is 7.09. The van der Waals surface area contributed by atoms with Gasteiger partial charge in [0.2, 0.25) is 11.0 Å². The van der Waals surface area contributed by atoms with Crippen LogP contribution in [-0.2, 0) is 9.59 Å². The van der Waals surface area contributed by atoms with E-state index in [0.717, 1.165) is 30.8 Å². The first-order chi connectivity index (χ1) is 9.02. The molecule has 0 aliphatic heterocycles. The zero-order valence-corrected chi connectivity index (χ0v) is 11.6. The molecular formula is C12H17N3O3S. The van der Waals surface area contributed by atoms with Gasteiger partial charge in [0, 0.05) is 18.0 Å². The third kappa shape index (κ3) is 3.28. The van der Waals surface area contributed by atoms with Gasteiger partial charge in [0.1, 0.15) is 5.82 Å². The summed E-state index contributed by atoms with van der Waals surface area (Å²) in [5.74, 6) is -0.554. The predicted octanol–water partition coefficient (Wildman–Crippen LogP) is 2.21. The summed E-state index contributed by atoms with van der Waals surface area (Å²) in [7, 11) is 0. The molecule has 0 unspecified atom stereocenters. The standard InChI is InChI=1S/C12H17N3O3S/c1-8-13-11(19-15-8)14-9(16)7-12(10(17)18)5-3-2-4-6-12/h2-7H2,1H3,(H,17,18)(H,13,14,15,16). The fourth-order valence-electron chi connectivity index (χ4n) is 2.51. The van der Waals surface area contributed by atoms with E-state index >= 15 is 0 Å². The molecule has 1 aromatic rings. The maximum atomic E-state index is 12.0. The molecule has 1 aliphatic carbocycles. The molecule has 2 N–H and O–H groups in total. The fraction of sp³-hybridized carbons (Fsp3) is 0.667. The minimum Gasteiger partial charge on any atom is -0.481 e. The number of carbonyl (C=O) groups is 2. The van der Waals surface area contributed by atoms with E-state index in [1.807, 2.05) is 0 Å². The van der Waals surface area contributed by atoms with E-state index in [1.54, 1.807) is 6.92 Å². The second kappa shape index (κ2) is 5.64. The summed E-state index contributed by atoms with van der Waals surface area (Å²) in [5, 5.41) is 12.5. The fourth-order valence-corrected chi connectivity index (χ4v) is 3.11. The molecule has 2 rings (SSSR count). The van der Waals surface area contributed by atoms with E-state index in [4.69, 9.17) is 0 Å². The first kappa shape index (κ1) is 13.9. The van der Waals surface area contributed by atoms with Gasteiger partial charge in [-0.2, -0.15) is 4.37 Å². The molecule has 19 heavy (non-hydrogen) atoms. The largest absolute Gasteiger partial charge is 0.481 e. The third-order valence-electron chi connectivity index (χ3n) is 3.54. The zero-order valence-electron chi connectivity index (χ0n) is 10.8. The van der Waals surface area contributed by atoms with Crippen molar-refractivity contribution in [2.75, 3.05) is 5.32 Å². The Morgan fingerprint density at radius 2 is 2.05 bits per heavy atom. The van der Waals surface area contributed by atoms with Crippen LogP contribution in [0.25, 0.3) is 0 Å². The number of rotatable bonds is 4. The molecule has 7 heteroatoms. The highest BCUT2D eigenvalue weighted by atomic mass is 32.1. The summed E-state index contributed by atoms with van der Waals surface area (Å²) in [4.78, 5) is 27.5. The minimum absolute atomic E-state index is 0.0148. The number of carboxylic acid groups (broad SMARTS) is 1. The van der Waals surface area contributed by atoms with Gasteiger partial charge in [0.25, 0.3) is 0 Å². The summed E-state index contributed by atoms with van der Waals surface area (Å²) in [6, 6.07) is 0. The van der Waals surface area contributed by atoms with Gasteiger partial charge in [-0.05, 0) is 19.8 Å². The van der Waals surface area contributed by atoms with Crippen molar-refractivity contribution < 1.29 is 14.7 Å². The van der Waals surface area contributed by atoms with E-state index < -0.39 is 11.4 Å². The SMILES string of the molecule is Cc1nsc(NC(=O)CC2(C(=O)O)CCCCC2)n1. The van der Waals surface area contributed by atoms with Crippen LogP contribution in [-0.4, -0.2) is 26.3 Å². The van der Waals surface area contributed by atoms with E-state index in [0.29, 0.717) is 23.8 Å². The molecule has 0 saturated heterocycles. The van der Waals surface area contributed by atoms with Gasteiger partial charge < -0.3 is 10.4 Å². The first-order valence-corrected chi connectivity index (χ1v) is 7.13. The summed E-state index contributed by atoms with van der Waals surface area (Å²) in [6.07, 6.45) is 3.96. The van der Waals surface area contributed by atoms with Gasteiger partial charge in [-0.1, -0.05) is 19.3 Å². The molecule has 6 nitrogen and oxygen atoms in total. The van der Waals surface area contributed by atoms with Crippen molar-refractivity contribution >= 4 is 28.5 Å². The highest BCUT2D eigenvalue weighted by Crippen LogP contribution is 2.39. The molecule has 1 aliphatic rings. The zero-order chi connectivity index (χ0) is 13.9. The van der Waals surface area contributed by atoms with Crippen molar-refractivity contribution in [3.8, 4) is 0 Å². The van der Waals surface area contributed by atoms with Crippen LogP contribution in [0.3, 0.4) is 0 Å². The van der Waals surface area contributed by atoms with E-state index in [-0.39, 0.29) is 12.3 Å². The molecule has 1 saturated carbocycles.